The van der Waals surface area contributed by atoms with Crippen molar-refractivity contribution in [2.45, 2.75) is 63.3 Å². The molecule has 0 spiro atoms. The number of carbonyl (C=O) groups excluding carboxylic acids is 1. The molecule has 23 heavy (non-hydrogen) atoms. The maximum atomic E-state index is 12.5. The smallest absolute Gasteiger partial charge is 0.223 e. The standard InChI is InChI=1S/C19H28N2O.ClH/c20-19(11-5-1-2-6-12-19)14-21-18(22)17-10-9-15-7-3-4-8-16(15)13-17;/h3-4,7-8,17H,1-2,5-6,9-14,20H2,(H,21,22);1H. The van der Waals surface area contributed by atoms with Crippen molar-refractivity contribution in [1.29, 1.82) is 0 Å². The molecular formula is C19H29ClN2O. The number of halogens is 1. The average molecular weight is 337 g/mol. The molecule has 0 bridgehead atoms. The lowest BCUT2D eigenvalue weighted by atomic mass is 9.83. The Morgan fingerprint density at radius 1 is 1.13 bits per heavy atom. The fraction of sp³-hybridized carbons (Fsp3) is 0.632. The Hall–Kier alpha value is -1.06. The largest absolute Gasteiger partial charge is 0.354 e. The molecule has 1 aromatic carbocycles. The average Bonchev–Trinajstić information content (AvgIpc) is 2.77. The number of rotatable bonds is 3. The minimum absolute atomic E-state index is 0. The van der Waals surface area contributed by atoms with Gasteiger partial charge in [-0.05, 0) is 43.2 Å². The molecule has 4 heteroatoms. The van der Waals surface area contributed by atoms with Crippen molar-refractivity contribution in [3.05, 3.63) is 35.4 Å². The van der Waals surface area contributed by atoms with Crippen molar-refractivity contribution in [3.8, 4) is 0 Å². The molecule has 1 fully saturated rings. The van der Waals surface area contributed by atoms with Crippen LogP contribution in [0.2, 0.25) is 0 Å². The van der Waals surface area contributed by atoms with Crippen LogP contribution in [0.3, 0.4) is 0 Å². The van der Waals surface area contributed by atoms with E-state index in [0.717, 1.165) is 32.1 Å². The second-order valence-corrected chi connectivity index (χ2v) is 7.20. The van der Waals surface area contributed by atoms with Gasteiger partial charge in [0.2, 0.25) is 5.91 Å². The van der Waals surface area contributed by atoms with Gasteiger partial charge in [-0.3, -0.25) is 4.79 Å². The molecule has 3 N–H and O–H groups in total. The number of benzene rings is 1. The van der Waals surface area contributed by atoms with Crippen LogP contribution in [-0.2, 0) is 17.6 Å². The monoisotopic (exact) mass is 336 g/mol. The van der Waals surface area contributed by atoms with Crippen LogP contribution in [0.15, 0.2) is 24.3 Å². The van der Waals surface area contributed by atoms with Crippen LogP contribution in [0.1, 0.15) is 56.1 Å². The predicted octanol–water partition coefficient (Wildman–Crippen LogP) is 3.38. The number of nitrogens with one attached hydrogen (secondary N) is 1. The van der Waals surface area contributed by atoms with Gasteiger partial charge in [0.25, 0.3) is 0 Å². The third-order valence-corrected chi connectivity index (χ3v) is 5.43. The number of hydrogen-bond acceptors (Lipinski definition) is 2. The number of carbonyl (C=O) groups is 1. The third kappa shape index (κ3) is 4.71. The van der Waals surface area contributed by atoms with Gasteiger partial charge in [0.05, 0.1) is 0 Å². The summed E-state index contributed by atoms with van der Waals surface area (Å²) in [6.07, 6.45) is 9.90. The van der Waals surface area contributed by atoms with Crippen molar-refractivity contribution < 1.29 is 4.79 Å². The van der Waals surface area contributed by atoms with Crippen molar-refractivity contribution in [2.75, 3.05) is 6.54 Å². The van der Waals surface area contributed by atoms with E-state index in [1.165, 1.54) is 36.8 Å². The lowest BCUT2D eigenvalue weighted by molar-refractivity contribution is -0.125. The molecule has 1 aromatic rings. The van der Waals surface area contributed by atoms with Crippen molar-refractivity contribution in [2.24, 2.45) is 11.7 Å². The highest BCUT2D eigenvalue weighted by atomic mass is 35.5. The molecule has 1 saturated carbocycles. The van der Waals surface area contributed by atoms with E-state index in [2.05, 4.69) is 29.6 Å². The van der Waals surface area contributed by atoms with Gasteiger partial charge in [-0.1, -0.05) is 49.9 Å². The van der Waals surface area contributed by atoms with E-state index in [9.17, 15) is 4.79 Å². The summed E-state index contributed by atoms with van der Waals surface area (Å²) in [4.78, 5) is 12.5. The summed E-state index contributed by atoms with van der Waals surface area (Å²) in [6, 6.07) is 8.50. The minimum atomic E-state index is -0.182. The summed E-state index contributed by atoms with van der Waals surface area (Å²) in [7, 11) is 0. The summed E-state index contributed by atoms with van der Waals surface area (Å²) in [6.45, 7) is 0.643. The Morgan fingerprint density at radius 2 is 1.78 bits per heavy atom. The lowest BCUT2D eigenvalue weighted by Gasteiger charge is -2.30. The third-order valence-electron chi connectivity index (χ3n) is 5.43. The Kier molecular flexibility index (Phi) is 6.49. The van der Waals surface area contributed by atoms with Gasteiger partial charge in [-0.15, -0.1) is 12.4 Å². The first-order chi connectivity index (χ1) is 10.7. The first-order valence-corrected chi connectivity index (χ1v) is 8.80. The van der Waals surface area contributed by atoms with Crippen molar-refractivity contribution >= 4 is 18.3 Å². The number of fused-ring (bicyclic) bond motifs is 1. The number of hydrogen-bond donors (Lipinski definition) is 2. The first kappa shape index (κ1) is 18.3. The zero-order chi connectivity index (χ0) is 15.4. The summed E-state index contributed by atoms with van der Waals surface area (Å²) in [5.41, 5.74) is 9.06. The molecule has 0 radical (unpaired) electrons. The van der Waals surface area contributed by atoms with Crippen LogP contribution < -0.4 is 11.1 Å². The lowest BCUT2D eigenvalue weighted by Crippen LogP contribution is -2.51. The van der Waals surface area contributed by atoms with E-state index in [1.807, 2.05) is 0 Å². The van der Waals surface area contributed by atoms with Gasteiger partial charge in [-0.25, -0.2) is 0 Å². The van der Waals surface area contributed by atoms with Crippen LogP contribution in [0, 0.1) is 5.92 Å². The maximum absolute atomic E-state index is 12.5. The Labute approximate surface area is 145 Å². The summed E-state index contributed by atoms with van der Waals surface area (Å²) < 4.78 is 0. The van der Waals surface area contributed by atoms with E-state index in [0.29, 0.717) is 6.54 Å². The highest BCUT2D eigenvalue weighted by molar-refractivity contribution is 5.85. The molecule has 1 amide bonds. The summed E-state index contributed by atoms with van der Waals surface area (Å²) in [5, 5.41) is 3.16. The van der Waals surface area contributed by atoms with E-state index >= 15 is 0 Å². The van der Waals surface area contributed by atoms with Crippen molar-refractivity contribution in [1.82, 2.24) is 5.32 Å². The molecule has 3 nitrogen and oxygen atoms in total. The van der Waals surface area contributed by atoms with E-state index in [-0.39, 0.29) is 29.8 Å². The van der Waals surface area contributed by atoms with Crippen LogP contribution >= 0.6 is 12.4 Å². The van der Waals surface area contributed by atoms with Gasteiger partial charge in [-0.2, -0.15) is 0 Å². The molecule has 1 unspecified atom stereocenters. The highest BCUT2D eigenvalue weighted by Gasteiger charge is 2.29. The van der Waals surface area contributed by atoms with Crippen LogP contribution in [0.25, 0.3) is 0 Å². The van der Waals surface area contributed by atoms with E-state index in [1.54, 1.807) is 0 Å². The Bertz CT molecular complexity index is 524. The normalized spacial score (nSPS) is 23.1. The highest BCUT2D eigenvalue weighted by Crippen LogP contribution is 2.27. The Morgan fingerprint density at radius 3 is 2.48 bits per heavy atom. The van der Waals surface area contributed by atoms with Gasteiger partial charge in [0, 0.05) is 18.0 Å². The Balaban J connectivity index is 0.00000192. The topological polar surface area (TPSA) is 55.1 Å². The molecule has 0 aliphatic heterocycles. The molecular weight excluding hydrogens is 308 g/mol. The molecule has 0 aromatic heterocycles. The van der Waals surface area contributed by atoms with E-state index in [4.69, 9.17) is 5.73 Å². The fourth-order valence-electron chi connectivity index (χ4n) is 3.94. The second kappa shape index (κ2) is 8.16. The molecule has 3 rings (SSSR count). The van der Waals surface area contributed by atoms with Gasteiger partial charge >= 0.3 is 0 Å². The van der Waals surface area contributed by atoms with Crippen LogP contribution in [0.5, 0.6) is 0 Å². The number of aryl methyl sites for hydroxylation is 1. The number of nitrogens with two attached hydrogens (primary N) is 1. The second-order valence-electron chi connectivity index (χ2n) is 7.20. The summed E-state index contributed by atoms with van der Waals surface area (Å²) >= 11 is 0. The minimum Gasteiger partial charge on any atom is -0.354 e. The zero-order valence-electron chi connectivity index (χ0n) is 13.9. The predicted molar refractivity (Wildman–Crippen MR) is 96.8 cm³/mol. The SMILES string of the molecule is Cl.NC1(CNC(=O)C2CCc3ccccc3C2)CCCCCC1. The molecule has 2 aliphatic carbocycles. The van der Waals surface area contributed by atoms with Gasteiger partial charge < -0.3 is 11.1 Å². The fourth-order valence-corrected chi connectivity index (χ4v) is 3.94. The summed E-state index contributed by atoms with van der Waals surface area (Å²) in [5.74, 6) is 0.313. The quantitative estimate of drug-likeness (QED) is 0.831. The van der Waals surface area contributed by atoms with Crippen LogP contribution in [0.4, 0.5) is 0 Å². The molecule has 0 saturated heterocycles. The van der Waals surface area contributed by atoms with E-state index < -0.39 is 0 Å². The maximum Gasteiger partial charge on any atom is 0.223 e. The van der Waals surface area contributed by atoms with Gasteiger partial charge in [0.1, 0.15) is 0 Å². The molecule has 1 atom stereocenters. The zero-order valence-corrected chi connectivity index (χ0v) is 14.7. The van der Waals surface area contributed by atoms with Crippen LogP contribution in [-0.4, -0.2) is 18.0 Å². The molecule has 0 heterocycles. The number of amides is 1. The van der Waals surface area contributed by atoms with Gasteiger partial charge in [0.15, 0.2) is 0 Å². The molecule has 128 valence electrons. The first-order valence-electron chi connectivity index (χ1n) is 8.80. The molecule has 2 aliphatic rings. The van der Waals surface area contributed by atoms with Crippen molar-refractivity contribution in [3.63, 3.8) is 0 Å².